The molecule has 0 fully saturated rings. The van der Waals surface area contributed by atoms with E-state index in [-0.39, 0.29) is 40.9 Å². The number of nitrogen functional groups attached to an aromatic ring is 1. The van der Waals surface area contributed by atoms with Gasteiger partial charge in [-0.2, -0.15) is 4.37 Å². The van der Waals surface area contributed by atoms with Gasteiger partial charge in [-0.1, -0.05) is 12.1 Å². The second-order valence-corrected chi connectivity index (χ2v) is 7.89. The van der Waals surface area contributed by atoms with Crippen LogP contribution in [0.25, 0.3) is 0 Å². The van der Waals surface area contributed by atoms with Gasteiger partial charge >= 0.3 is 0 Å². The molecule has 0 saturated heterocycles. The molecule has 3 amide bonds. The summed E-state index contributed by atoms with van der Waals surface area (Å²) in [5, 5.41) is 2.75. The molecule has 34 heavy (non-hydrogen) atoms. The van der Waals surface area contributed by atoms with Crippen LogP contribution in [0.5, 0.6) is 5.75 Å². The number of methoxy groups -OCH3 is 2. The van der Waals surface area contributed by atoms with Gasteiger partial charge in [0, 0.05) is 13.7 Å². The lowest BCUT2D eigenvalue weighted by atomic mass is 10.1. The molecule has 0 saturated carbocycles. The maximum absolute atomic E-state index is 13.9. The van der Waals surface area contributed by atoms with Crippen molar-refractivity contribution >= 4 is 40.6 Å². The fourth-order valence-electron chi connectivity index (χ4n) is 3.28. The number of nitrogens with zero attached hydrogens (tertiary/aromatic N) is 2. The summed E-state index contributed by atoms with van der Waals surface area (Å²) in [5.41, 5.74) is 11.2. The predicted molar refractivity (Wildman–Crippen MR) is 126 cm³/mol. The average molecular weight is 488 g/mol. The molecule has 0 radical (unpaired) electrons. The number of hydrogen-bond donors (Lipinski definition) is 3. The van der Waals surface area contributed by atoms with Gasteiger partial charge in [-0.05, 0) is 42.7 Å². The topological polar surface area (TPSA) is 163 Å². The van der Waals surface area contributed by atoms with Crippen molar-refractivity contribution < 1.29 is 28.3 Å². The van der Waals surface area contributed by atoms with Crippen molar-refractivity contribution in [2.75, 3.05) is 38.0 Å². The zero-order valence-electron chi connectivity index (χ0n) is 18.9. The number of carbonyl (C=O) groups is 3. The molecule has 0 aliphatic heterocycles. The van der Waals surface area contributed by atoms with Crippen molar-refractivity contribution in [3.05, 3.63) is 58.5 Å². The maximum Gasteiger partial charge on any atom is 0.273 e. The molecule has 0 bridgehead atoms. The summed E-state index contributed by atoms with van der Waals surface area (Å²) in [6.45, 7) is 2.19. The molecule has 0 aliphatic carbocycles. The van der Waals surface area contributed by atoms with E-state index in [2.05, 4.69) is 9.69 Å². The highest BCUT2D eigenvalue weighted by Gasteiger charge is 2.38. The van der Waals surface area contributed by atoms with Crippen LogP contribution in [0.2, 0.25) is 0 Å². The standard InChI is InChI=1S/C22H25N5O6S/c1-12-8-9-15(33-12)18(21(29)25-10-11-31-2)27(13-6-4-5-7-14(13)32-3)22(30)19-16(23)17(20(24)28)26-34-19/h4-9,18H,10-11,23H2,1-3H3,(H2,24,28)(H,25,29)/t18-/m1/s1. The molecule has 5 N–H and O–H groups in total. The number of primary amides is 1. The molecule has 2 aromatic heterocycles. The van der Waals surface area contributed by atoms with E-state index in [1.54, 1.807) is 43.3 Å². The largest absolute Gasteiger partial charge is 0.495 e. The number of anilines is 2. The summed E-state index contributed by atoms with van der Waals surface area (Å²) in [6.07, 6.45) is 0. The number of ether oxygens (including phenoxy) is 2. The van der Waals surface area contributed by atoms with Crippen LogP contribution >= 0.6 is 11.5 Å². The van der Waals surface area contributed by atoms with Gasteiger partial charge < -0.3 is 30.7 Å². The van der Waals surface area contributed by atoms with Gasteiger partial charge in [-0.3, -0.25) is 19.3 Å². The third-order valence-corrected chi connectivity index (χ3v) is 5.71. The second kappa shape index (κ2) is 10.8. The first-order chi connectivity index (χ1) is 16.3. The van der Waals surface area contributed by atoms with Crippen LogP contribution in [0, 0.1) is 6.92 Å². The lowest BCUT2D eigenvalue weighted by Gasteiger charge is -2.30. The van der Waals surface area contributed by atoms with Crippen LogP contribution in [0.1, 0.15) is 37.7 Å². The van der Waals surface area contributed by atoms with Crippen LogP contribution in [0.3, 0.4) is 0 Å². The Morgan fingerprint density at radius 3 is 2.53 bits per heavy atom. The summed E-state index contributed by atoms with van der Waals surface area (Å²) in [6, 6.07) is 8.73. The van der Waals surface area contributed by atoms with E-state index in [4.69, 9.17) is 25.4 Å². The van der Waals surface area contributed by atoms with Crippen LogP contribution in [-0.2, 0) is 9.53 Å². The minimum Gasteiger partial charge on any atom is -0.495 e. The van der Waals surface area contributed by atoms with Gasteiger partial charge in [0.15, 0.2) is 11.7 Å². The molecule has 12 heteroatoms. The van der Waals surface area contributed by atoms with Crippen molar-refractivity contribution in [3.8, 4) is 5.75 Å². The summed E-state index contributed by atoms with van der Waals surface area (Å²) in [7, 11) is 2.95. The molecule has 0 aliphatic rings. The molecule has 0 unspecified atom stereocenters. The summed E-state index contributed by atoms with van der Waals surface area (Å²) >= 11 is 0.710. The molecule has 1 atom stereocenters. The first kappa shape index (κ1) is 24.7. The number of aromatic nitrogens is 1. The number of nitrogens with one attached hydrogen (secondary N) is 1. The number of hydrogen-bond acceptors (Lipinski definition) is 9. The van der Waals surface area contributed by atoms with Crippen molar-refractivity contribution in [2.24, 2.45) is 5.73 Å². The first-order valence-corrected chi connectivity index (χ1v) is 10.9. The van der Waals surface area contributed by atoms with Gasteiger partial charge in [0.05, 0.1) is 25.1 Å². The Morgan fingerprint density at radius 1 is 1.21 bits per heavy atom. The maximum atomic E-state index is 13.9. The molecule has 0 spiro atoms. The quantitative estimate of drug-likeness (QED) is 0.365. The number of nitrogens with two attached hydrogens (primary N) is 2. The van der Waals surface area contributed by atoms with Gasteiger partial charge in [0.25, 0.3) is 17.7 Å². The number of carbonyl (C=O) groups excluding carboxylic acids is 3. The lowest BCUT2D eigenvalue weighted by molar-refractivity contribution is -0.123. The van der Waals surface area contributed by atoms with Crippen LogP contribution in [0.15, 0.2) is 40.8 Å². The Labute approximate surface area is 199 Å². The van der Waals surface area contributed by atoms with Gasteiger partial charge in [-0.25, -0.2) is 0 Å². The smallest absolute Gasteiger partial charge is 0.273 e. The predicted octanol–water partition coefficient (Wildman–Crippen LogP) is 1.88. The Hall–Kier alpha value is -3.90. The molecule has 180 valence electrons. The fraction of sp³-hybridized carbons (Fsp3) is 0.273. The molecule has 3 rings (SSSR count). The van der Waals surface area contributed by atoms with E-state index >= 15 is 0 Å². The summed E-state index contributed by atoms with van der Waals surface area (Å²) in [4.78, 5) is 40.1. The number of aryl methyl sites for hydroxylation is 1. The highest BCUT2D eigenvalue weighted by Crippen LogP contribution is 2.38. The highest BCUT2D eigenvalue weighted by molar-refractivity contribution is 7.09. The zero-order valence-corrected chi connectivity index (χ0v) is 19.7. The zero-order chi connectivity index (χ0) is 24.8. The minimum absolute atomic E-state index is 0.0577. The first-order valence-electron chi connectivity index (χ1n) is 10.1. The Balaban J connectivity index is 2.20. The average Bonchev–Trinajstić information content (AvgIpc) is 3.42. The Kier molecular flexibility index (Phi) is 7.87. The van der Waals surface area contributed by atoms with Crippen LogP contribution < -0.4 is 26.4 Å². The second-order valence-electron chi connectivity index (χ2n) is 7.12. The molecule has 2 heterocycles. The van der Waals surface area contributed by atoms with E-state index in [0.29, 0.717) is 23.0 Å². The molecule has 1 aromatic carbocycles. The number of amides is 3. The lowest BCUT2D eigenvalue weighted by Crippen LogP contribution is -2.44. The van der Waals surface area contributed by atoms with E-state index in [1.165, 1.54) is 19.1 Å². The van der Waals surface area contributed by atoms with Crippen molar-refractivity contribution in [1.82, 2.24) is 9.69 Å². The Bertz CT molecular complexity index is 1190. The number of furan rings is 1. The molecule has 3 aromatic rings. The van der Waals surface area contributed by atoms with E-state index < -0.39 is 23.8 Å². The van der Waals surface area contributed by atoms with Crippen molar-refractivity contribution in [1.29, 1.82) is 0 Å². The molecule has 11 nitrogen and oxygen atoms in total. The highest BCUT2D eigenvalue weighted by atomic mass is 32.1. The summed E-state index contributed by atoms with van der Waals surface area (Å²) < 4.78 is 20.2. The number of benzene rings is 1. The number of rotatable bonds is 10. The third kappa shape index (κ3) is 5.02. The summed E-state index contributed by atoms with van der Waals surface area (Å²) in [5.74, 6) is -0.994. The van der Waals surface area contributed by atoms with Gasteiger partial charge in [0.2, 0.25) is 0 Å². The van der Waals surface area contributed by atoms with E-state index in [0.717, 1.165) is 0 Å². The Morgan fingerprint density at radius 2 is 1.94 bits per heavy atom. The van der Waals surface area contributed by atoms with Crippen molar-refractivity contribution in [3.63, 3.8) is 0 Å². The van der Waals surface area contributed by atoms with E-state index in [1.807, 2.05) is 0 Å². The van der Waals surface area contributed by atoms with Crippen LogP contribution in [0.4, 0.5) is 11.4 Å². The van der Waals surface area contributed by atoms with Crippen LogP contribution in [-0.4, -0.2) is 49.5 Å². The van der Waals surface area contributed by atoms with Crippen molar-refractivity contribution in [2.45, 2.75) is 13.0 Å². The third-order valence-electron chi connectivity index (χ3n) is 4.86. The molecular weight excluding hydrogens is 462 g/mol. The number of para-hydroxylation sites is 2. The van der Waals surface area contributed by atoms with E-state index in [9.17, 15) is 14.4 Å². The monoisotopic (exact) mass is 487 g/mol. The fourth-order valence-corrected chi connectivity index (χ4v) is 4.02. The minimum atomic E-state index is -1.24. The van der Waals surface area contributed by atoms with Gasteiger partial charge in [0.1, 0.15) is 22.1 Å². The normalized spacial score (nSPS) is 11.6. The molecular formula is C22H25N5O6S. The SMILES string of the molecule is COCCNC(=O)[C@@H](c1ccc(C)o1)N(C(=O)c1snc(C(N)=O)c1N)c1ccccc1OC. The van der Waals surface area contributed by atoms with Gasteiger partial charge in [-0.15, -0.1) is 0 Å².